The van der Waals surface area contributed by atoms with E-state index in [9.17, 15) is 4.79 Å². The fourth-order valence-electron chi connectivity index (χ4n) is 4.21. The average Bonchev–Trinajstić information content (AvgIpc) is 3.65. The summed E-state index contributed by atoms with van der Waals surface area (Å²) in [5, 5.41) is 0. The van der Waals surface area contributed by atoms with E-state index in [1.807, 2.05) is 24.4 Å². The third-order valence-electron chi connectivity index (χ3n) is 6.24. The highest BCUT2D eigenvalue weighted by Crippen LogP contribution is 2.33. The fourth-order valence-corrected chi connectivity index (χ4v) is 4.21. The molecule has 2 fully saturated rings. The monoisotopic (exact) mass is 427 g/mol. The molecule has 1 saturated heterocycles. The Morgan fingerprint density at radius 2 is 1.66 bits per heavy atom. The number of carbonyl (C=O) groups is 1. The molecule has 0 amide bonds. The van der Waals surface area contributed by atoms with Gasteiger partial charge in [-0.25, -0.2) is 9.97 Å². The van der Waals surface area contributed by atoms with Gasteiger partial charge in [0.1, 0.15) is 11.6 Å². The lowest BCUT2D eigenvalue weighted by atomic mass is 10.0. The van der Waals surface area contributed by atoms with Crippen molar-refractivity contribution >= 4 is 11.5 Å². The number of Topliss-reactive ketones (excluding diaryl/α,β-unsaturated/α-hetero) is 1. The van der Waals surface area contributed by atoms with Crippen LogP contribution in [0.1, 0.15) is 36.2 Å². The molecule has 0 N–H and O–H groups in total. The Morgan fingerprint density at radius 3 is 2.38 bits per heavy atom. The predicted molar refractivity (Wildman–Crippen MR) is 126 cm³/mol. The molecule has 1 saturated carbocycles. The van der Waals surface area contributed by atoms with E-state index in [1.54, 1.807) is 0 Å². The highest BCUT2D eigenvalue weighted by Gasteiger charge is 2.24. The number of ether oxygens (including phenoxy) is 1. The van der Waals surface area contributed by atoms with E-state index in [4.69, 9.17) is 9.72 Å². The third-order valence-corrected chi connectivity index (χ3v) is 6.24. The number of aromatic nitrogens is 2. The maximum Gasteiger partial charge on any atom is 0.137 e. The van der Waals surface area contributed by atoms with Gasteiger partial charge in [0.05, 0.1) is 18.9 Å². The van der Waals surface area contributed by atoms with Gasteiger partial charge in [0, 0.05) is 49.8 Å². The molecule has 1 aliphatic carbocycles. The van der Waals surface area contributed by atoms with E-state index in [2.05, 4.69) is 46.3 Å². The normalized spacial score (nSPS) is 16.2. The fraction of sp³-hybridized carbons (Fsp3) is 0.370. The van der Waals surface area contributed by atoms with E-state index in [0.29, 0.717) is 24.5 Å². The lowest BCUT2D eigenvalue weighted by molar-refractivity contribution is -0.118. The molecule has 2 aromatic carbocycles. The number of morpholine rings is 1. The summed E-state index contributed by atoms with van der Waals surface area (Å²) in [7, 11) is 0. The van der Waals surface area contributed by atoms with Gasteiger partial charge in [-0.3, -0.25) is 4.79 Å². The molecule has 1 aromatic heterocycles. The lowest BCUT2D eigenvalue weighted by Crippen LogP contribution is -2.36. The first-order chi connectivity index (χ1) is 15.7. The molecule has 5 rings (SSSR count). The van der Waals surface area contributed by atoms with Gasteiger partial charge in [-0.05, 0) is 48.1 Å². The van der Waals surface area contributed by atoms with E-state index in [0.717, 1.165) is 55.4 Å². The summed E-state index contributed by atoms with van der Waals surface area (Å²) in [4.78, 5) is 23.7. The quantitative estimate of drug-likeness (QED) is 0.530. The van der Waals surface area contributed by atoms with Crippen LogP contribution in [0.15, 0.2) is 60.8 Å². The van der Waals surface area contributed by atoms with E-state index in [-0.39, 0.29) is 0 Å². The molecule has 0 bridgehead atoms. The Kier molecular flexibility index (Phi) is 6.26. The van der Waals surface area contributed by atoms with Gasteiger partial charge in [0.25, 0.3) is 0 Å². The van der Waals surface area contributed by atoms with Crippen LogP contribution in [0.4, 0.5) is 5.69 Å². The molecule has 32 heavy (non-hydrogen) atoms. The molecule has 0 radical (unpaired) electrons. The van der Waals surface area contributed by atoms with Crippen LogP contribution in [0.2, 0.25) is 0 Å². The Bertz CT molecular complexity index is 1050. The molecule has 5 nitrogen and oxygen atoms in total. The number of hydrogen-bond acceptors (Lipinski definition) is 5. The number of anilines is 1. The molecule has 1 aliphatic heterocycles. The van der Waals surface area contributed by atoms with Gasteiger partial charge in [-0.15, -0.1) is 0 Å². The minimum absolute atomic E-state index is 0.351. The van der Waals surface area contributed by atoms with Crippen molar-refractivity contribution in [3.63, 3.8) is 0 Å². The first kappa shape index (κ1) is 20.8. The van der Waals surface area contributed by atoms with E-state index < -0.39 is 0 Å². The third kappa shape index (κ3) is 5.40. The maximum atomic E-state index is 12.1. The van der Waals surface area contributed by atoms with Crippen molar-refractivity contribution in [2.75, 3.05) is 31.2 Å². The van der Waals surface area contributed by atoms with Gasteiger partial charge < -0.3 is 9.64 Å². The second-order valence-electron chi connectivity index (χ2n) is 8.86. The Labute approximate surface area is 189 Å². The number of benzene rings is 2. The summed E-state index contributed by atoms with van der Waals surface area (Å²) < 4.78 is 5.44. The van der Waals surface area contributed by atoms with Gasteiger partial charge in [-0.1, -0.05) is 36.4 Å². The van der Waals surface area contributed by atoms with Gasteiger partial charge in [0.2, 0.25) is 0 Å². The second kappa shape index (κ2) is 9.61. The Hall–Kier alpha value is -3.05. The zero-order valence-electron chi connectivity index (χ0n) is 18.4. The standard InChI is InChI=1S/C27H29N3O2/c31-25(17-20-1-2-20)18-21-3-7-23(8-4-21)26-11-12-28-27(29-26)19-22-5-9-24(10-6-22)30-13-15-32-16-14-30/h3-12,20H,1-2,13-19H2. The molecular formula is C27H29N3O2. The summed E-state index contributed by atoms with van der Waals surface area (Å²) in [6.07, 6.45) is 6.24. The number of ketones is 1. The van der Waals surface area contributed by atoms with E-state index >= 15 is 0 Å². The average molecular weight is 428 g/mol. The predicted octanol–water partition coefficient (Wildman–Crippen LogP) is 4.48. The smallest absolute Gasteiger partial charge is 0.137 e. The van der Waals surface area contributed by atoms with Gasteiger partial charge in [0.15, 0.2) is 0 Å². The zero-order valence-corrected chi connectivity index (χ0v) is 18.4. The molecule has 0 spiro atoms. The minimum atomic E-state index is 0.351. The van der Waals surface area contributed by atoms with Crippen molar-refractivity contribution in [1.82, 2.24) is 9.97 Å². The molecule has 2 heterocycles. The van der Waals surface area contributed by atoms with E-state index in [1.165, 1.54) is 24.1 Å². The van der Waals surface area contributed by atoms with Crippen LogP contribution >= 0.6 is 0 Å². The molecule has 3 aromatic rings. The zero-order chi connectivity index (χ0) is 21.8. The number of nitrogens with zero attached hydrogens (tertiary/aromatic N) is 3. The van der Waals surface area contributed by atoms with Crippen LogP contribution in [0.3, 0.4) is 0 Å². The van der Waals surface area contributed by atoms with Crippen molar-refractivity contribution in [3.05, 3.63) is 77.7 Å². The van der Waals surface area contributed by atoms with Gasteiger partial charge >= 0.3 is 0 Å². The van der Waals surface area contributed by atoms with Crippen molar-refractivity contribution in [2.45, 2.75) is 32.1 Å². The minimum Gasteiger partial charge on any atom is -0.378 e. The van der Waals surface area contributed by atoms with Crippen molar-refractivity contribution in [3.8, 4) is 11.3 Å². The van der Waals surface area contributed by atoms with Crippen LogP contribution in [0.25, 0.3) is 11.3 Å². The first-order valence-electron chi connectivity index (χ1n) is 11.6. The molecule has 164 valence electrons. The second-order valence-corrected chi connectivity index (χ2v) is 8.86. The van der Waals surface area contributed by atoms with Crippen LogP contribution in [-0.2, 0) is 22.4 Å². The number of carbonyl (C=O) groups excluding carboxylic acids is 1. The molecule has 2 aliphatic rings. The highest BCUT2D eigenvalue weighted by molar-refractivity contribution is 5.81. The largest absolute Gasteiger partial charge is 0.378 e. The summed E-state index contributed by atoms with van der Waals surface area (Å²) in [5.74, 6) is 1.81. The van der Waals surface area contributed by atoms with Crippen molar-refractivity contribution in [1.29, 1.82) is 0 Å². The molecule has 0 atom stereocenters. The molecule has 0 unspecified atom stereocenters. The summed E-state index contributed by atoms with van der Waals surface area (Å²) >= 11 is 0. The van der Waals surface area contributed by atoms with Crippen LogP contribution in [0.5, 0.6) is 0 Å². The summed E-state index contributed by atoms with van der Waals surface area (Å²) in [6, 6.07) is 18.8. The SMILES string of the molecule is O=C(Cc1ccc(-c2ccnc(Cc3ccc(N4CCOCC4)cc3)n2)cc1)CC1CC1. The first-order valence-corrected chi connectivity index (χ1v) is 11.6. The summed E-state index contributed by atoms with van der Waals surface area (Å²) in [6.45, 7) is 3.47. The summed E-state index contributed by atoms with van der Waals surface area (Å²) in [5.41, 5.74) is 5.48. The maximum absolute atomic E-state index is 12.1. The van der Waals surface area contributed by atoms with Crippen LogP contribution in [0, 0.1) is 5.92 Å². The topological polar surface area (TPSA) is 55.3 Å². The lowest BCUT2D eigenvalue weighted by Gasteiger charge is -2.28. The van der Waals surface area contributed by atoms with Crippen molar-refractivity contribution < 1.29 is 9.53 Å². The van der Waals surface area contributed by atoms with Crippen LogP contribution in [-0.4, -0.2) is 42.1 Å². The Morgan fingerprint density at radius 1 is 0.938 bits per heavy atom. The van der Waals surface area contributed by atoms with Crippen LogP contribution < -0.4 is 4.90 Å². The number of hydrogen-bond donors (Lipinski definition) is 0. The molecule has 5 heteroatoms. The Balaban J connectivity index is 1.22. The van der Waals surface area contributed by atoms with Gasteiger partial charge in [-0.2, -0.15) is 0 Å². The van der Waals surface area contributed by atoms with Crippen molar-refractivity contribution in [2.24, 2.45) is 5.92 Å². The number of rotatable bonds is 8. The highest BCUT2D eigenvalue weighted by atomic mass is 16.5. The molecular weight excluding hydrogens is 398 g/mol.